The van der Waals surface area contributed by atoms with E-state index in [0.29, 0.717) is 30.5 Å². The highest BCUT2D eigenvalue weighted by Gasteiger charge is 2.17. The summed E-state index contributed by atoms with van der Waals surface area (Å²) in [6.07, 6.45) is 11.9. The molecular formula is C17H26N4O. The van der Waals surface area contributed by atoms with Gasteiger partial charge in [-0.2, -0.15) is 0 Å². The molecular weight excluding hydrogens is 276 g/mol. The Hall–Kier alpha value is -1.78. The molecule has 0 unspecified atom stereocenters. The highest BCUT2D eigenvalue weighted by Crippen LogP contribution is 2.23. The zero-order valence-corrected chi connectivity index (χ0v) is 13.1. The smallest absolute Gasteiger partial charge is 0.213 e. The van der Waals surface area contributed by atoms with E-state index in [-0.39, 0.29) is 0 Å². The van der Waals surface area contributed by atoms with Crippen LogP contribution < -0.4 is 15.8 Å². The molecule has 2 fully saturated rings. The molecule has 5 heteroatoms. The van der Waals surface area contributed by atoms with Crippen LogP contribution in [0.4, 0.5) is 0 Å². The molecule has 120 valence electrons. The fourth-order valence-corrected chi connectivity index (χ4v) is 3.29. The Kier molecular flexibility index (Phi) is 5.14. The second kappa shape index (κ2) is 7.47. The molecule has 1 aromatic rings. The lowest BCUT2D eigenvalue weighted by Gasteiger charge is -2.13. The Bertz CT molecular complexity index is 505. The van der Waals surface area contributed by atoms with Crippen LogP contribution in [0.1, 0.15) is 56.9 Å². The van der Waals surface area contributed by atoms with E-state index in [1.165, 1.54) is 38.5 Å². The standard InChI is InChI=1S/C17H26N4O/c18-17(21-14-5-1-2-6-14)20-12-13-9-10-19-16(11-13)22-15-7-3-4-8-15/h9-11,14-15H,1-8,12H2,(H3,18,20,21). The van der Waals surface area contributed by atoms with Gasteiger partial charge in [-0.1, -0.05) is 12.8 Å². The summed E-state index contributed by atoms with van der Waals surface area (Å²) >= 11 is 0. The number of aliphatic imine (C=N–C) groups is 1. The Morgan fingerprint density at radius 3 is 2.73 bits per heavy atom. The molecule has 22 heavy (non-hydrogen) atoms. The van der Waals surface area contributed by atoms with E-state index in [2.05, 4.69) is 15.3 Å². The minimum absolute atomic E-state index is 0.334. The molecule has 0 atom stereocenters. The molecule has 0 amide bonds. The molecule has 2 saturated carbocycles. The zero-order valence-electron chi connectivity index (χ0n) is 13.1. The lowest BCUT2D eigenvalue weighted by atomic mass is 10.2. The Morgan fingerprint density at radius 1 is 1.23 bits per heavy atom. The van der Waals surface area contributed by atoms with Crippen molar-refractivity contribution in [2.24, 2.45) is 10.7 Å². The van der Waals surface area contributed by atoms with Gasteiger partial charge in [0.05, 0.1) is 6.54 Å². The van der Waals surface area contributed by atoms with Gasteiger partial charge >= 0.3 is 0 Å². The lowest BCUT2D eigenvalue weighted by molar-refractivity contribution is 0.201. The van der Waals surface area contributed by atoms with Crippen molar-refractivity contribution in [3.8, 4) is 5.88 Å². The molecule has 2 aliphatic rings. The van der Waals surface area contributed by atoms with E-state index in [0.717, 1.165) is 18.4 Å². The summed E-state index contributed by atoms with van der Waals surface area (Å²) < 4.78 is 5.92. The first-order chi connectivity index (χ1) is 10.8. The first-order valence-electron chi connectivity index (χ1n) is 8.47. The fraction of sp³-hybridized carbons (Fsp3) is 0.647. The van der Waals surface area contributed by atoms with E-state index in [1.807, 2.05) is 12.1 Å². The molecule has 1 heterocycles. The molecule has 0 saturated heterocycles. The summed E-state index contributed by atoms with van der Waals surface area (Å²) in [7, 11) is 0. The predicted octanol–water partition coefficient (Wildman–Crippen LogP) is 2.75. The van der Waals surface area contributed by atoms with Gasteiger partial charge < -0.3 is 15.8 Å². The van der Waals surface area contributed by atoms with E-state index in [4.69, 9.17) is 10.5 Å². The number of nitrogens with one attached hydrogen (secondary N) is 1. The molecule has 3 rings (SSSR count). The molecule has 5 nitrogen and oxygen atoms in total. The van der Waals surface area contributed by atoms with Crippen molar-refractivity contribution in [1.82, 2.24) is 10.3 Å². The first-order valence-corrected chi connectivity index (χ1v) is 8.47. The second-order valence-electron chi connectivity index (χ2n) is 6.35. The number of rotatable bonds is 5. The van der Waals surface area contributed by atoms with Gasteiger partial charge in [0, 0.05) is 18.3 Å². The Labute approximate surface area is 132 Å². The van der Waals surface area contributed by atoms with Gasteiger partial charge in [0.25, 0.3) is 0 Å². The number of hydrogen-bond acceptors (Lipinski definition) is 3. The van der Waals surface area contributed by atoms with Crippen LogP contribution in [0.15, 0.2) is 23.3 Å². The van der Waals surface area contributed by atoms with Crippen molar-refractivity contribution in [2.45, 2.75) is 70.1 Å². The van der Waals surface area contributed by atoms with Crippen LogP contribution >= 0.6 is 0 Å². The van der Waals surface area contributed by atoms with Crippen molar-refractivity contribution in [1.29, 1.82) is 0 Å². The summed E-state index contributed by atoms with van der Waals surface area (Å²) in [5, 5.41) is 3.30. The van der Waals surface area contributed by atoms with E-state index < -0.39 is 0 Å². The molecule has 2 aliphatic carbocycles. The third-order valence-corrected chi connectivity index (χ3v) is 4.53. The van der Waals surface area contributed by atoms with Gasteiger partial charge in [0.1, 0.15) is 6.10 Å². The zero-order chi connectivity index (χ0) is 15.2. The molecule has 1 aromatic heterocycles. The lowest BCUT2D eigenvalue weighted by Crippen LogP contribution is -2.38. The number of ether oxygens (including phenoxy) is 1. The van der Waals surface area contributed by atoms with Gasteiger partial charge in [0.2, 0.25) is 5.88 Å². The van der Waals surface area contributed by atoms with Crippen molar-refractivity contribution in [3.05, 3.63) is 23.9 Å². The largest absolute Gasteiger partial charge is 0.474 e. The van der Waals surface area contributed by atoms with Crippen molar-refractivity contribution < 1.29 is 4.74 Å². The minimum atomic E-state index is 0.334. The molecule has 0 bridgehead atoms. The number of pyridine rings is 1. The summed E-state index contributed by atoms with van der Waals surface area (Å²) in [5.41, 5.74) is 7.05. The van der Waals surface area contributed by atoms with Crippen LogP contribution in [0, 0.1) is 0 Å². The third-order valence-electron chi connectivity index (χ3n) is 4.53. The van der Waals surface area contributed by atoms with Crippen LogP contribution in [-0.4, -0.2) is 23.1 Å². The number of aromatic nitrogens is 1. The molecule has 0 spiro atoms. The molecule has 0 aliphatic heterocycles. The average Bonchev–Trinajstić information content (AvgIpc) is 3.19. The first kappa shape index (κ1) is 15.1. The van der Waals surface area contributed by atoms with Crippen molar-refractivity contribution in [3.63, 3.8) is 0 Å². The van der Waals surface area contributed by atoms with Crippen LogP contribution in [0.5, 0.6) is 5.88 Å². The van der Waals surface area contributed by atoms with Crippen LogP contribution in [0.3, 0.4) is 0 Å². The topological polar surface area (TPSA) is 72.5 Å². The van der Waals surface area contributed by atoms with Crippen molar-refractivity contribution in [2.75, 3.05) is 0 Å². The van der Waals surface area contributed by atoms with E-state index >= 15 is 0 Å². The van der Waals surface area contributed by atoms with Crippen LogP contribution in [0.25, 0.3) is 0 Å². The third kappa shape index (κ3) is 4.36. The number of guanidine groups is 1. The maximum atomic E-state index is 5.96. The number of nitrogens with two attached hydrogens (primary N) is 1. The highest BCUT2D eigenvalue weighted by molar-refractivity contribution is 5.78. The number of nitrogens with zero attached hydrogens (tertiary/aromatic N) is 2. The van der Waals surface area contributed by atoms with Gasteiger partial charge in [0.15, 0.2) is 5.96 Å². The van der Waals surface area contributed by atoms with E-state index in [9.17, 15) is 0 Å². The predicted molar refractivity (Wildman–Crippen MR) is 87.8 cm³/mol. The average molecular weight is 302 g/mol. The highest BCUT2D eigenvalue weighted by atomic mass is 16.5. The summed E-state index contributed by atoms with van der Waals surface area (Å²) in [4.78, 5) is 8.73. The van der Waals surface area contributed by atoms with E-state index in [1.54, 1.807) is 6.20 Å². The van der Waals surface area contributed by atoms with Gasteiger partial charge in [-0.25, -0.2) is 9.98 Å². The van der Waals surface area contributed by atoms with Gasteiger partial charge in [-0.05, 0) is 50.2 Å². The normalized spacial score (nSPS) is 20.5. The van der Waals surface area contributed by atoms with Crippen molar-refractivity contribution >= 4 is 5.96 Å². The maximum Gasteiger partial charge on any atom is 0.213 e. The Balaban J connectivity index is 1.52. The summed E-state index contributed by atoms with van der Waals surface area (Å²) in [6.45, 7) is 0.565. The molecule has 0 radical (unpaired) electrons. The summed E-state index contributed by atoms with van der Waals surface area (Å²) in [6, 6.07) is 4.45. The monoisotopic (exact) mass is 302 g/mol. The van der Waals surface area contributed by atoms with Gasteiger partial charge in [-0.15, -0.1) is 0 Å². The molecule has 0 aromatic carbocycles. The SMILES string of the molecule is NC(=NCc1ccnc(OC2CCCC2)c1)NC1CCCC1. The second-order valence-corrected chi connectivity index (χ2v) is 6.35. The number of hydrogen-bond donors (Lipinski definition) is 2. The maximum absolute atomic E-state index is 5.96. The summed E-state index contributed by atoms with van der Waals surface area (Å²) in [5.74, 6) is 1.25. The van der Waals surface area contributed by atoms with Crippen LogP contribution in [0.2, 0.25) is 0 Å². The Morgan fingerprint density at radius 2 is 1.95 bits per heavy atom. The van der Waals surface area contributed by atoms with Gasteiger partial charge in [-0.3, -0.25) is 0 Å². The van der Waals surface area contributed by atoms with Crippen LogP contribution in [-0.2, 0) is 6.54 Å². The molecule has 3 N–H and O–H groups in total. The quantitative estimate of drug-likeness (QED) is 0.648. The fourth-order valence-electron chi connectivity index (χ4n) is 3.29. The minimum Gasteiger partial charge on any atom is -0.474 e.